The molecule has 1 aromatic rings. The average molecular weight is 312 g/mol. The standard InChI is InChI=1S/C15H22ClN3S/c1-19-9-6-11(7-10-19)5-8-18-13-4-2-3-12(16)14(13)15(17)20/h2-4,11,18H,5-10H2,1H3,(H2,17,20). The molecule has 0 amide bonds. The molecule has 1 heterocycles. The molecule has 2 rings (SSSR count). The summed E-state index contributed by atoms with van der Waals surface area (Å²) in [5.41, 5.74) is 7.45. The molecule has 1 saturated heterocycles. The number of nitrogens with two attached hydrogens (primary N) is 1. The molecular weight excluding hydrogens is 290 g/mol. The number of halogens is 1. The van der Waals surface area contributed by atoms with Crippen LogP contribution in [-0.4, -0.2) is 36.6 Å². The van der Waals surface area contributed by atoms with E-state index in [-0.39, 0.29) is 0 Å². The number of rotatable bonds is 5. The first-order valence-electron chi connectivity index (χ1n) is 7.08. The van der Waals surface area contributed by atoms with Gasteiger partial charge in [0.05, 0.1) is 10.6 Å². The molecule has 3 nitrogen and oxygen atoms in total. The van der Waals surface area contributed by atoms with E-state index in [0.717, 1.165) is 23.7 Å². The van der Waals surface area contributed by atoms with Crippen LogP contribution in [0, 0.1) is 5.92 Å². The smallest absolute Gasteiger partial charge is 0.107 e. The van der Waals surface area contributed by atoms with Crippen molar-refractivity contribution in [1.82, 2.24) is 4.90 Å². The van der Waals surface area contributed by atoms with E-state index in [0.29, 0.717) is 10.0 Å². The fraction of sp³-hybridized carbons (Fsp3) is 0.533. The molecule has 0 aromatic heterocycles. The molecule has 0 bridgehead atoms. The minimum absolute atomic E-state index is 0.345. The summed E-state index contributed by atoms with van der Waals surface area (Å²) in [6.45, 7) is 3.35. The van der Waals surface area contributed by atoms with E-state index in [1.807, 2.05) is 18.2 Å². The van der Waals surface area contributed by atoms with Gasteiger partial charge in [-0.1, -0.05) is 29.9 Å². The highest BCUT2D eigenvalue weighted by atomic mass is 35.5. The lowest BCUT2D eigenvalue weighted by atomic mass is 9.94. The molecule has 3 N–H and O–H groups in total. The van der Waals surface area contributed by atoms with Crippen LogP contribution in [0.4, 0.5) is 5.69 Å². The summed E-state index contributed by atoms with van der Waals surface area (Å²) in [5.74, 6) is 0.811. The Morgan fingerprint density at radius 2 is 2.15 bits per heavy atom. The van der Waals surface area contributed by atoms with Crippen molar-refractivity contribution >= 4 is 34.5 Å². The maximum Gasteiger partial charge on any atom is 0.107 e. The molecule has 0 radical (unpaired) electrons. The van der Waals surface area contributed by atoms with Crippen molar-refractivity contribution in [1.29, 1.82) is 0 Å². The fourth-order valence-corrected chi connectivity index (χ4v) is 3.24. The summed E-state index contributed by atoms with van der Waals surface area (Å²) >= 11 is 11.2. The quantitative estimate of drug-likeness (QED) is 0.820. The number of thiocarbonyl (C=S) groups is 1. The Kier molecular flexibility index (Phi) is 5.64. The van der Waals surface area contributed by atoms with Crippen LogP contribution in [0.3, 0.4) is 0 Å². The molecule has 110 valence electrons. The van der Waals surface area contributed by atoms with Crippen molar-refractivity contribution in [2.75, 3.05) is 32.0 Å². The van der Waals surface area contributed by atoms with Gasteiger partial charge in [-0.05, 0) is 57.5 Å². The Morgan fingerprint density at radius 1 is 1.45 bits per heavy atom. The molecule has 0 saturated carbocycles. The van der Waals surface area contributed by atoms with Crippen LogP contribution >= 0.6 is 23.8 Å². The van der Waals surface area contributed by atoms with Crippen molar-refractivity contribution in [2.45, 2.75) is 19.3 Å². The summed E-state index contributed by atoms with van der Waals surface area (Å²) in [6, 6.07) is 5.72. The van der Waals surface area contributed by atoms with Crippen molar-refractivity contribution in [3.05, 3.63) is 28.8 Å². The number of nitrogens with zero attached hydrogens (tertiary/aromatic N) is 1. The minimum Gasteiger partial charge on any atom is -0.389 e. The van der Waals surface area contributed by atoms with Gasteiger partial charge in [-0.15, -0.1) is 0 Å². The number of hydrogen-bond acceptors (Lipinski definition) is 3. The highest BCUT2D eigenvalue weighted by Crippen LogP contribution is 2.25. The predicted molar refractivity (Wildman–Crippen MR) is 90.7 cm³/mol. The number of likely N-dealkylation sites (tertiary alicyclic amines) is 1. The second-order valence-corrected chi connectivity index (χ2v) is 6.34. The van der Waals surface area contributed by atoms with Crippen molar-refractivity contribution in [3.8, 4) is 0 Å². The fourth-order valence-electron chi connectivity index (χ4n) is 2.68. The van der Waals surface area contributed by atoms with Gasteiger partial charge in [-0.3, -0.25) is 0 Å². The zero-order chi connectivity index (χ0) is 14.5. The maximum atomic E-state index is 6.16. The van der Waals surface area contributed by atoms with E-state index in [9.17, 15) is 0 Å². The van der Waals surface area contributed by atoms with Crippen LogP contribution < -0.4 is 11.1 Å². The van der Waals surface area contributed by atoms with Gasteiger partial charge in [0.1, 0.15) is 4.99 Å². The molecule has 0 aliphatic carbocycles. The predicted octanol–water partition coefficient (Wildman–Crippen LogP) is 3.12. The molecule has 0 unspecified atom stereocenters. The summed E-state index contributed by atoms with van der Waals surface area (Å²) in [6.07, 6.45) is 3.75. The third-order valence-corrected chi connectivity index (χ3v) is 4.49. The monoisotopic (exact) mass is 311 g/mol. The van der Waals surface area contributed by atoms with E-state index < -0.39 is 0 Å². The highest BCUT2D eigenvalue weighted by molar-refractivity contribution is 7.80. The van der Waals surface area contributed by atoms with E-state index in [1.54, 1.807) is 0 Å². The van der Waals surface area contributed by atoms with Gasteiger partial charge < -0.3 is 16.0 Å². The second kappa shape index (κ2) is 7.25. The zero-order valence-corrected chi connectivity index (χ0v) is 13.4. The lowest BCUT2D eigenvalue weighted by Crippen LogP contribution is -2.31. The third kappa shape index (κ3) is 4.08. The lowest BCUT2D eigenvalue weighted by molar-refractivity contribution is 0.215. The number of benzene rings is 1. The first-order chi connectivity index (χ1) is 9.58. The van der Waals surface area contributed by atoms with Crippen LogP contribution in [0.15, 0.2) is 18.2 Å². The van der Waals surface area contributed by atoms with Crippen LogP contribution in [0.25, 0.3) is 0 Å². The number of nitrogens with one attached hydrogen (secondary N) is 1. The van der Waals surface area contributed by atoms with Gasteiger partial charge in [-0.25, -0.2) is 0 Å². The number of piperidine rings is 1. The van der Waals surface area contributed by atoms with Gasteiger partial charge in [0, 0.05) is 12.2 Å². The molecule has 1 aliphatic heterocycles. The SMILES string of the molecule is CN1CCC(CCNc2cccc(Cl)c2C(N)=S)CC1. The Bertz CT molecular complexity index is 470. The zero-order valence-electron chi connectivity index (χ0n) is 11.9. The van der Waals surface area contributed by atoms with Crippen molar-refractivity contribution in [3.63, 3.8) is 0 Å². The first kappa shape index (κ1) is 15.5. The van der Waals surface area contributed by atoms with Gasteiger partial charge in [0.2, 0.25) is 0 Å². The Balaban J connectivity index is 1.88. The van der Waals surface area contributed by atoms with Gasteiger partial charge in [0.25, 0.3) is 0 Å². The van der Waals surface area contributed by atoms with Crippen molar-refractivity contribution < 1.29 is 0 Å². The largest absolute Gasteiger partial charge is 0.389 e. The van der Waals surface area contributed by atoms with E-state index in [4.69, 9.17) is 29.6 Å². The van der Waals surface area contributed by atoms with Crippen LogP contribution in [0.1, 0.15) is 24.8 Å². The Morgan fingerprint density at radius 3 is 2.80 bits per heavy atom. The molecule has 20 heavy (non-hydrogen) atoms. The molecule has 1 aliphatic rings. The summed E-state index contributed by atoms with van der Waals surface area (Å²) in [7, 11) is 2.19. The van der Waals surface area contributed by atoms with E-state index in [1.165, 1.54) is 32.4 Å². The van der Waals surface area contributed by atoms with Gasteiger partial charge >= 0.3 is 0 Å². The van der Waals surface area contributed by atoms with E-state index >= 15 is 0 Å². The summed E-state index contributed by atoms with van der Waals surface area (Å²) < 4.78 is 0. The molecular formula is C15H22ClN3S. The summed E-state index contributed by atoms with van der Waals surface area (Å²) in [4.78, 5) is 2.74. The van der Waals surface area contributed by atoms with Gasteiger partial charge in [-0.2, -0.15) is 0 Å². The molecule has 0 spiro atoms. The number of hydrogen-bond donors (Lipinski definition) is 2. The van der Waals surface area contributed by atoms with Crippen LogP contribution in [0.5, 0.6) is 0 Å². The van der Waals surface area contributed by atoms with E-state index in [2.05, 4.69) is 17.3 Å². The average Bonchev–Trinajstić information content (AvgIpc) is 2.40. The Hall–Kier alpha value is -0.840. The first-order valence-corrected chi connectivity index (χ1v) is 7.87. The minimum atomic E-state index is 0.345. The van der Waals surface area contributed by atoms with Crippen molar-refractivity contribution in [2.24, 2.45) is 11.7 Å². The molecule has 1 aromatic carbocycles. The molecule has 1 fully saturated rings. The molecule has 0 atom stereocenters. The lowest BCUT2D eigenvalue weighted by Gasteiger charge is -2.29. The van der Waals surface area contributed by atoms with Crippen LogP contribution in [-0.2, 0) is 0 Å². The molecule has 5 heteroatoms. The Labute approximate surface area is 131 Å². The second-order valence-electron chi connectivity index (χ2n) is 5.49. The number of anilines is 1. The topological polar surface area (TPSA) is 41.3 Å². The highest BCUT2D eigenvalue weighted by Gasteiger charge is 2.16. The normalized spacial score (nSPS) is 17.1. The third-order valence-electron chi connectivity index (χ3n) is 3.97. The van der Waals surface area contributed by atoms with Gasteiger partial charge in [0.15, 0.2) is 0 Å². The summed E-state index contributed by atoms with van der Waals surface area (Å²) in [5, 5.41) is 4.04. The van der Waals surface area contributed by atoms with Crippen LogP contribution in [0.2, 0.25) is 5.02 Å². The maximum absolute atomic E-state index is 6.16.